The quantitative estimate of drug-likeness (QED) is 0.341. The molecule has 2 aromatic rings. The van der Waals surface area contributed by atoms with Gasteiger partial charge in [-0.05, 0) is 40.2 Å². The van der Waals surface area contributed by atoms with Crippen LogP contribution in [0.15, 0.2) is 40.0 Å². The van der Waals surface area contributed by atoms with Crippen molar-refractivity contribution >= 4 is 45.0 Å². The van der Waals surface area contributed by atoms with Gasteiger partial charge in [-0.2, -0.15) is 0 Å². The molecule has 0 saturated heterocycles. The van der Waals surface area contributed by atoms with E-state index in [0.29, 0.717) is 5.02 Å². The van der Waals surface area contributed by atoms with Crippen molar-refractivity contribution in [3.05, 3.63) is 56.2 Å². The maximum Gasteiger partial charge on any atom is 0.180 e. The van der Waals surface area contributed by atoms with Crippen LogP contribution in [0.5, 0.6) is 11.5 Å². The molecule has 110 valence electrons. The van der Waals surface area contributed by atoms with Crippen molar-refractivity contribution in [2.24, 2.45) is 10.9 Å². The first kappa shape index (κ1) is 15.9. The maximum absolute atomic E-state index is 14.2. The minimum absolute atomic E-state index is 0.00782. The topological polar surface area (TPSA) is 67.8 Å². The molecule has 0 heterocycles. The first-order chi connectivity index (χ1) is 9.93. The molecule has 2 rings (SSSR count). The number of amidine groups is 1. The Morgan fingerprint density at radius 1 is 1.24 bits per heavy atom. The van der Waals surface area contributed by atoms with E-state index in [2.05, 4.69) is 21.1 Å². The fraction of sp³-hybridized carbons (Fsp3) is 0. The largest absolute Gasteiger partial charge is 0.453 e. The van der Waals surface area contributed by atoms with Crippen LogP contribution in [0.3, 0.4) is 0 Å². The molecule has 3 N–H and O–H groups in total. The zero-order valence-electron chi connectivity index (χ0n) is 10.3. The summed E-state index contributed by atoms with van der Waals surface area (Å²) in [6.07, 6.45) is 0. The molecule has 0 aliphatic carbocycles. The molecule has 8 heteroatoms. The molecular weight excluding hydrogens is 386 g/mol. The Hall–Kier alpha value is -1.50. The van der Waals surface area contributed by atoms with Crippen LogP contribution in [0, 0.1) is 5.82 Å². The van der Waals surface area contributed by atoms with Gasteiger partial charge in [-0.3, -0.25) is 0 Å². The summed E-state index contributed by atoms with van der Waals surface area (Å²) in [7, 11) is 0. The van der Waals surface area contributed by atoms with Crippen LogP contribution in [0.1, 0.15) is 5.56 Å². The fourth-order valence-electron chi connectivity index (χ4n) is 1.54. The third kappa shape index (κ3) is 3.40. The second-order valence-electron chi connectivity index (χ2n) is 3.90. The van der Waals surface area contributed by atoms with E-state index in [9.17, 15) is 4.39 Å². The van der Waals surface area contributed by atoms with Crippen molar-refractivity contribution in [3.8, 4) is 11.5 Å². The second kappa shape index (κ2) is 6.51. The summed E-state index contributed by atoms with van der Waals surface area (Å²) >= 11 is 14.8. The van der Waals surface area contributed by atoms with Gasteiger partial charge in [0.05, 0.1) is 9.50 Å². The van der Waals surface area contributed by atoms with Crippen molar-refractivity contribution < 1.29 is 14.3 Å². The lowest BCUT2D eigenvalue weighted by atomic mass is 10.2. The summed E-state index contributed by atoms with van der Waals surface area (Å²) in [6.45, 7) is 0. The van der Waals surface area contributed by atoms with E-state index in [4.69, 9.17) is 38.9 Å². The Morgan fingerprint density at radius 3 is 2.62 bits per heavy atom. The Labute approximate surface area is 138 Å². The SMILES string of the molecule is N/C(=N/O)c1ccc(Oc2cc(Cl)ccc2Cl)c(F)c1Br. The molecule has 21 heavy (non-hydrogen) atoms. The van der Waals surface area contributed by atoms with E-state index in [1.165, 1.54) is 24.3 Å². The van der Waals surface area contributed by atoms with Crippen LogP contribution in [0.4, 0.5) is 4.39 Å². The molecule has 0 fully saturated rings. The van der Waals surface area contributed by atoms with E-state index < -0.39 is 5.82 Å². The molecule has 0 unspecified atom stereocenters. The molecule has 0 amide bonds. The zero-order valence-corrected chi connectivity index (χ0v) is 13.4. The second-order valence-corrected chi connectivity index (χ2v) is 5.54. The highest BCUT2D eigenvalue weighted by Gasteiger charge is 2.16. The van der Waals surface area contributed by atoms with Gasteiger partial charge in [0.1, 0.15) is 5.75 Å². The molecule has 2 aromatic carbocycles. The minimum Gasteiger partial charge on any atom is -0.453 e. The number of benzene rings is 2. The predicted octanol–water partition coefficient (Wildman–Crippen LogP) is 4.78. The maximum atomic E-state index is 14.2. The molecule has 4 nitrogen and oxygen atoms in total. The smallest absolute Gasteiger partial charge is 0.180 e. The van der Waals surface area contributed by atoms with Crippen LogP contribution in [-0.4, -0.2) is 11.0 Å². The highest BCUT2D eigenvalue weighted by molar-refractivity contribution is 9.10. The lowest BCUT2D eigenvalue weighted by Crippen LogP contribution is -2.14. The normalized spacial score (nSPS) is 11.5. The monoisotopic (exact) mass is 392 g/mol. The Balaban J connectivity index is 2.42. The van der Waals surface area contributed by atoms with Crippen molar-refractivity contribution in [2.45, 2.75) is 0 Å². The van der Waals surface area contributed by atoms with E-state index in [-0.39, 0.29) is 32.4 Å². The average molecular weight is 394 g/mol. The zero-order chi connectivity index (χ0) is 15.6. The van der Waals surface area contributed by atoms with Crippen molar-refractivity contribution in [1.29, 1.82) is 0 Å². The first-order valence-corrected chi connectivity index (χ1v) is 7.07. The van der Waals surface area contributed by atoms with Gasteiger partial charge in [-0.1, -0.05) is 28.4 Å². The summed E-state index contributed by atoms with van der Waals surface area (Å²) in [5, 5.41) is 12.1. The number of halogens is 4. The number of rotatable bonds is 3. The molecule has 0 atom stereocenters. The van der Waals surface area contributed by atoms with E-state index in [1.807, 2.05) is 0 Å². The highest BCUT2D eigenvalue weighted by atomic mass is 79.9. The summed E-state index contributed by atoms with van der Waals surface area (Å²) in [5.74, 6) is -0.810. The summed E-state index contributed by atoms with van der Waals surface area (Å²) in [5.41, 5.74) is 5.63. The Kier molecular flexibility index (Phi) is 4.92. The molecule has 0 saturated carbocycles. The van der Waals surface area contributed by atoms with Crippen LogP contribution in [-0.2, 0) is 0 Å². The van der Waals surface area contributed by atoms with Gasteiger partial charge < -0.3 is 15.7 Å². The third-order valence-corrected chi connectivity index (χ3v) is 3.87. The molecule has 0 radical (unpaired) electrons. The number of hydrogen-bond donors (Lipinski definition) is 2. The molecule has 0 aliphatic rings. The van der Waals surface area contributed by atoms with Gasteiger partial charge in [0, 0.05) is 16.7 Å². The van der Waals surface area contributed by atoms with Gasteiger partial charge >= 0.3 is 0 Å². The van der Waals surface area contributed by atoms with Gasteiger partial charge in [0.15, 0.2) is 17.4 Å². The molecule has 0 aromatic heterocycles. The third-order valence-electron chi connectivity index (χ3n) is 2.54. The minimum atomic E-state index is -0.713. The lowest BCUT2D eigenvalue weighted by molar-refractivity contribution is 0.318. The van der Waals surface area contributed by atoms with Crippen LogP contribution < -0.4 is 10.5 Å². The number of nitrogens with zero attached hydrogens (tertiary/aromatic N) is 1. The molecule has 0 aliphatic heterocycles. The lowest BCUT2D eigenvalue weighted by Gasteiger charge is -2.11. The van der Waals surface area contributed by atoms with Crippen LogP contribution in [0.25, 0.3) is 0 Å². The summed E-state index contributed by atoms with van der Waals surface area (Å²) in [6, 6.07) is 7.37. The summed E-state index contributed by atoms with van der Waals surface area (Å²) < 4.78 is 19.6. The van der Waals surface area contributed by atoms with Crippen molar-refractivity contribution in [3.63, 3.8) is 0 Å². The van der Waals surface area contributed by atoms with Gasteiger partial charge in [-0.25, -0.2) is 4.39 Å². The van der Waals surface area contributed by atoms with Gasteiger partial charge in [0.25, 0.3) is 0 Å². The van der Waals surface area contributed by atoms with E-state index >= 15 is 0 Å². The number of nitrogens with two attached hydrogens (primary N) is 1. The molecular formula is C13H8BrCl2FN2O2. The van der Waals surface area contributed by atoms with Crippen molar-refractivity contribution in [1.82, 2.24) is 0 Å². The van der Waals surface area contributed by atoms with E-state index in [0.717, 1.165) is 0 Å². The Morgan fingerprint density at radius 2 is 1.95 bits per heavy atom. The predicted molar refractivity (Wildman–Crippen MR) is 83.1 cm³/mol. The molecule has 0 bridgehead atoms. The number of ether oxygens (including phenoxy) is 1. The van der Waals surface area contributed by atoms with Crippen molar-refractivity contribution in [2.75, 3.05) is 0 Å². The van der Waals surface area contributed by atoms with Crippen LogP contribution in [0.2, 0.25) is 10.0 Å². The fourth-order valence-corrected chi connectivity index (χ4v) is 2.39. The first-order valence-electron chi connectivity index (χ1n) is 5.53. The summed E-state index contributed by atoms with van der Waals surface area (Å²) in [4.78, 5) is 0. The van der Waals surface area contributed by atoms with Crippen LogP contribution >= 0.6 is 39.1 Å². The van der Waals surface area contributed by atoms with Gasteiger partial charge in [-0.15, -0.1) is 0 Å². The number of hydrogen-bond acceptors (Lipinski definition) is 3. The van der Waals surface area contributed by atoms with Gasteiger partial charge in [0.2, 0.25) is 0 Å². The van der Waals surface area contributed by atoms with E-state index in [1.54, 1.807) is 6.07 Å². The standard InChI is InChI=1S/C13H8BrCl2FN2O2/c14-11-7(13(18)19-20)2-4-9(12(11)17)21-10-5-6(15)1-3-8(10)16/h1-5,20H,(H2,18,19). The molecule has 0 spiro atoms. The number of oxime groups is 1. The highest BCUT2D eigenvalue weighted by Crippen LogP contribution is 2.35. The Bertz CT molecular complexity index is 726. The average Bonchev–Trinajstić information content (AvgIpc) is 2.47.